The summed E-state index contributed by atoms with van der Waals surface area (Å²) in [6.07, 6.45) is 2.88. The van der Waals surface area contributed by atoms with Gasteiger partial charge in [0.1, 0.15) is 11.5 Å². The molecule has 30 heavy (non-hydrogen) atoms. The summed E-state index contributed by atoms with van der Waals surface area (Å²) in [5.41, 5.74) is 1.92. The van der Waals surface area contributed by atoms with E-state index in [-0.39, 0.29) is 37.0 Å². The second kappa shape index (κ2) is 9.41. The van der Waals surface area contributed by atoms with Crippen molar-refractivity contribution in [1.29, 1.82) is 0 Å². The highest BCUT2D eigenvalue weighted by molar-refractivity contribution is 5.92. The van der Waals surface area contributed by atoms with Crippen molar-refractivity contribution in [2.45, 2.75) is 26.5 Å². The highest BCUT2D eigenvalue weighted by Crippen LogP contribution is 2.33. The highest BCUT2D eigenvalue weighted by Gasteiger charge is 2.21. The molecule has 2 aromatic carbocycles. The first-order valence-electron chi connectivity index (χ1n) is 9.53. The number of ether oxygens (including phenoxy) is 3. The average molecular weight is 412 g/mol. The van der Waals surface area contributed by atoms with E-state index in [4.69, 9.17) is 14.2 Å². The molecule has 0 fully saturated rings. The Bertz CT molecular complexity index is 953. The number of hydrogen-bond acceptors (Lipinski definition) is 6. The SMILES string of the molecule is COc1ccc(C(NC(=O)/C=C/c2cc([N+](=O)[O-])cc3c2OCOC3)C(C)C)cc1. The number of carbonyl (C=O) groups is 1. The topological polar surface area (TPSA) is 99.9 Å². The van der Waals surface area contributed by atoms with Gasteiger partial charge in [0.15, 0.2) is 6.79 Å². The summed E-state index contributed by atoms with van der Waals surface area (Å²) in [6.45, 7) is 4.31. The first kappa shape index (κ1) is 21.3. The van der Waals surface area contributed by atoms with Crippen molar-refractivity contribution in [2.75, 3.05) is 13.9 Å². The molecule has 0 radical (unpaired) electrons. The van der Waals surface area contributed by atoms with Crippen molar-refractivity contribution < 1.29 is 23.9 Å². The number of amides is 1. The van der Waals surface area contributed by atoms with Gasteiger partial charge in [-0.3, -0.25) is 14.9 Å². The van der Waals surface area contributed by atoms with E-state index in [1.807, 2.05) is 38.1 Å². The monoisotopic (exact) mass is 412 g/mol. The van der Waals surface area contributed by atoms with Crippen LogP contribution in [-0.4, -0.2) is 24.7 Å². The van der Waals surface area contributed by atoms with Gasteiger partial charge in [-0.15, -0.1) is 0 Å². The zero-order valence-electron chi connectivity index (χ0n) is 17.1. The molecule has 8 nitrogen and oxygen atoms in total. The van der Waals surface area contributed by atoms with Gasteiger partial charge in [0.05, 0.1) is 24.7 Å². The van der Waals surface area contributed by atoms with E-state index in [0.717, 1.165) is 11.3 Å². The standard InChI is InChI=1S/C22H24N2O6/c1-14(2)21(15-4-7-19(28-3)8-5-15)23-20(25)9-6-16-10-18(24(26)27)11-17-12-29-13-30-22(16)17/h4-11,14,21H,12-13H2,1-3H3,(H,23,25)/b9-6+. The lowest BCUT2D eigenvalue weighted by molar-refractivity contribution is -0.385. The first-order chi connectivity index (χ1) is 14.4. The molecule has 0 spiro atoms. The molecule has 0 aliphatic carbocycles. The smallest absolute Gasteiger partial charge is 0.270 e. The number of carbonyl (C=O) groups excluding carboxylic acids is 1. The van der Waals surface area contributed by atoms with E-state index in [0.29, 0.717) is 16.9 Å². The van der Waals surface area contributed by atoms with Crippen LogP contribution < -0.4 is 14.8 Å². The van der Waals surface area contributed by atoms with Crippen molar-refractivity contribution in [2.24, 2.45) is 5.92 Å². The van der Waals surface area contributed by atoms with Crippen LogP contribution >= 0.6 is 0 Å². The number of hydrogen-bond donors (Lipinski definition) is 1. The number of nitrogens with one attached hydrogen (secondary N) is 1. The van der Waals surface area contributed by atoms with E-state index in [2.05, 4.69) is 5.32 Å². The van der Waals surface area contributed by atoms with Gasteiger partial charge in [0, 0.05) is 29.3 Å². The van der Waals surface area contributed by atoms with Crippen LogP contribution in [-0.2, 0) is 16.1 Å². The van der Waals surface area contributed by atoms with Crippen LogP contribution in [0.25, 0.3) is 6.08 Å². The Kier molecular flexibility index (Phi) is 6.68. The summed E-state index contributed by atoms with van der Waals surface area (Å²) >= 11 is 0. The molecule has 1 N–H and O–H groups in total. The lowest BCUT2D eigenvalue weighted by Crippen LogP contribution is -2.30. The number of fused-ring (bicyclic) bond motifs is 1. The lowest BCUT2D eigenvalue weighted by atomic mass is 9.96. The maximum Gasteiger partial charge on any atom is 0.270 e. The Balaban J connectivity index is 1.80. The third-order valence-corrected chi connectivity index (χ3v) is 4.79. The van der Waals surface area contributed by atoms with Crippen LogP contribution in [0.1, 0.15) is 36.6 Å². The maximum atomic E-state index is 12.6. The molecule has 0 saturated heterocycles. The van der Waals surface area contributed by atoms with Gasteiger partial charge >= 0.3 is 0 Å². The quantitative estimate of drug-likeness (QED) is 0.419. The zero-order chi connectivity index (χ0) is 21.7. The number of rotatable bonds is 7. The van der Waals surface area contributed by atoms with Gasteiger partial charge in [0.25, 0.3) is 5.69 Å². The maximum absolute atomic E-state index is 12.6. The molecule has 2 aromatic rings. The summed E-state index contributed by atoms with van der Waals surface area (Å²) in [5, 5.41) is 14.2. The highest BCUT2D eigenvalue weighted by atomic mass is 16.7. The molecule has 3 rings (SSSR count). The summed E-state index contributed by atoms with van der Waals surface area (Å²) < 4.78 is 15.9. The van der Waals surface area contributed by atoms with Crippen LogP contribution in [0.3, 0.4) is 0 Å². The fourth-order valence-corrected chi connectivity index (χ4v) is 3.27. The van der Waals surface area contributed by atoms with E-state index in [1.165, 1.54) is 24.3 Å². The van der Waals surface area contributed by atoms with Gasteiger partial charge < -0.3 is 19.5 Å². The van der Waals surface area contributed by atoms with E-state index >= 15 is 0 Å². The van der Waals surface area contributed by atoms with Crippen molar-refractivity contribution in [3.8, 4) is 11.5 Å². The summed E-state index contributed by atoms with van der Waals surface area (Å²) in [6, 6.07) is 10.1. The predicted molar refractivity (Wildman–Crippen MR) is 111 cm³/mol. The van der Waals surface area contributed by atoms with Crippen LogP contribution in [0.15, 0.2) is 42.5 Å². The average Bonchev–Trinajstić information content (AvgIpc) is 2.75. The van der Waals surface area contributed by atoms with Gasteiger partial charge in [0.2, 0.25) is 5.91 Å². The molecule has 1 unspecified atom stereocenters. The summed E-state index contributed by atoms with van der Waals surface area (Å²) in [5.74, 6) is 1.08. The Morgan fingerprint density at radius 1 is 1.27 bits per heavy atom. The van der Waals surface area contributed by atoms with Crippen molar-refractivity contribution in [1.82, 2.24) is 5.32 Å². The van der Waals surface area contributed by atoms with Gasteiger partial charge in [-0.05, 0) is 29.7 Å². The minimum Gasteiger partial charge on any atom is -0.497 e. The second-order valence-corrected chi connectivity index (χ2v) is 7.23. The van der Waals surface area contributed by atoms with Crippen LogP contribution in [0.4, 0.5) is 5.69 Å². The van der Waals surface area contributed by atoms with Gasteiger partial charge in [-0.25, -0.2) is 0 Å². The number of methoxy groups -OCH3 is 1. The Hall–Kier alpha value is -3.39. The first-order valence-corrected chi connectivity index (χ1v) is 9.53. The molecule has 1 aliphatic heterocycles. The Labute approximate surface area is 174 Å². The third-order valence-electron chi connectivity index (χ3n) is 4.79. The molecule has 8 heteroatoms. The summed E-state index contributed by atoms with van der Waals surface area (Å²) in [4.78, 5) is 23.3. The van der Waals surface area contributed by atoms with E-state index in [9.17, 15) is 14.9 Å². The minimum absolute atomic E-state index is 0.0603. The molecular weight excluding hydrogens is 388 g/mol. The van der Waals surface area contributed by atoms with Crippen molar-refractivity contribution in [3.05, 3.63) is 69.3 Å². The van der Waals surface area contributed by atoms with Crippen LogP contribution in [0, 0.1) is 16.0 Å². The molecule has 0 saturated carbocycles. The normalized spacial score (nSPS) is 14.1. The Morgan fingerprint density at radius 2 is 2.00 bits per heavy atom. The predicted octanol–water partition coefficient (Wildman–Crippen LogP) is 4.00. The number of non-ortho nitro benzene ring substituents is 1. The van der Waals surface area contributed by atoms with Crippen LogP contribution in [0.2, 0.25) is 0 Å². The van der Waals surface area contributed by atoms with E-state index < -0.39 is 4.92 Å². The number of nitro benzene ring substituents is 1. The molecular formula is C22H24N2O6. The zero-order valence-corrected chi connectivity index (χ0v) is 17.1. The molecule has 1 atom stereocenters. The molecule has 0 bridgehead atoms. The molecule has 0 aromatic heterocycles. The molecule has 1 heterocycles. The largest absolute Gasteiger partial charge is 0.497 e. The lowest BCUT2D eigenvalue weighted by Gasteiger charge is -2.22. The molecule has 1 amide bonds. The number of nitrogens with zero attached hydrogens (tertiary/aromatic N) is 1. The third kappa shape index (κ3) is 4.96. The fourth-order valence-electron chi connectivity index (χ4n) is 3.27. The fraction of sp³-hybridized carbons (Fsp3) is 0.318. The van der Waals surface area contributed by atoms with Gasteiger partial charge in [-0.2, -0.15) is 0 Å². The molecule has 1 aliphatic rings. The van der Waals surface area contributed by atoms with Gasteiger partial charge in [-0.1, -0.05) is 26.0 Å². The number of benzene rings is 2. The number of nitro groups is 1. The van der Waals surface area contributed by atoms with Crippen LogP contribution in [0.5, 0.6) is 11.5 Å². The second-order valence-electron chi connectivity index (χ2n) is 7.23. The van der Waals surface area contributed by atoms with Crippen molar-refractivity contribution >= 4 is 17.7 Å². The van der Waals surface area contributed by atoms with Crippen molar-refractivity contribution in [3.63, 3.8) is 0 Å². The van der Waals surface area contributed by atoms with E-state index in [1.54, 1.807) is 7.11 Å². The minimum atomic E-state index is -0.481. The Morgan fingerprint density at radius 3 is 2.63 bits per heavy atom. The molecule has 158 valence electrons. The summed E-state index contributed by atoms with van der Waals surface area (Å²) in [7, 11) is 1.60.